The van der Waals surface area contributed by atoms with Gasteiger partial charge in [0.05, 0.1) is 5.60 Å². The first-order valence-electron chi connectivity index (χ1n) is 4.08. The van der Waals surface area contributed by atoms with Crippen LogP contribution in [0.2, 0.25) is 0 Å². The molecule has 0 saturated heterocycles. The van der Waals surface area contributed by atoms with Gasteiger partial charge in [0.1, 0.15) is 0 Å². The summed E-state index contributed by atoms with van der Waals surface area (Å²) < 4.78 is 0. The molecule has 1 atom stereocenters. The standard InChI is InChI=1S/C10H16O/c1-8(2)10(11)6-4-9(3)5-7-10/h4,11H,1,5-7H2,2-3H3/t10-/m0/s1. The van der Waals surface area contributed by atoms with Gasteiger partial charge < -0.3 is 5.11 Å². The molecule has 1 aliphatic rings. The van der Waals surface area contributed by atoms with E-state index >= 15 is 0 Å². The third kappa shape index (κ3) is 1.72. The molecule has 0 unspecified atom stereocenters. The Balaban J connectivity index is 2.71. The van der Waals surface area contributed by atoms with E-state index < -0.39 is 5.60 Å². The second-order valence-electron chi connectivity index (χ2n) is 3.57. The maximum atomic E-state index is 9.92. The van der Waals surface area contributed by atoms with Crippen LogP contribution in [-0.2, 0) is 0 Å². The molecule has 0 aliphatic heterocycles. The number of aliphatic hydroxyl groups is 1. The maximum absolute atomic E-state index is 9.92. The quantitative estimate of drug-likeness (QED) is 0.572. The van der Waals surface area contributed by atoms with E-state index in [4.69, 9.17) is 0 Å². The summed E-state index contributed by atoms with van der Waals surface area (Å²) in [6, 6.07) is 0. The van der Waals surface area contributed by atoms with Crippen molar-refractivity contribution in [2.75, 3.05) is 0 Å². The van der Waals surface area contributed by atoms with Crippen LogP contribution >= 0.6 is 0 Å². The lowest BCUT2D eigenvalue weighted by atomic mass is 9.82. The van der Waals surface area contributed by atoms with Crippen LogP contribution in [0.4, 0.5) is 0 Å². The van der Waals surface area contributed by atoms with E-state index in [1.54, 1.807) is 0 Å². The van der Waals surface area contributed by atoms with Gasteiger partial charge in [-0.25, -0.2) is 0 Å². The average Bonchev–Trinajstić information content (AvgIpc) is 1.95. The second kappa shape index (κ2) is 2.82. The number of allylic oxidation sites excluding steroid dienone is 1. The van der Waals surface area contributed by atoms with Gasteiger partial charge in [0, 0.05) is 0 Å². The molecular formula is C10H16O. The van der Waals surface area contributed by atoms with Crippen molar-refractivity contribution in [2.24, 2.45) is 0 Å². The van der Waals surface area contributed by atoms with E-state index in [1.807, 2.05) is 6.92 Å². The third-order valence-electron chi connectivity index (χ3n) is 2.52. The van der Waals surface area contributed by atoms with Gasteiger partial charge in [-0.05, 0) is 38.7 Å². The molecule has 0 aromatic heterocycles. The fourth-order valence-electron chi connectivity index (χ4n) is 1.34. The smallest absolute Gasteiger partial charge is 0.0888 e. The molecule has 62 valence electrons. The zero-order chi connectivity index (χ0) is 8.48. The highest BCUT2D eigenvalue weighted by Gasteiger charge is 2.28. The molecule has 1 heteroatoms. The van der Waals surface area contributed by atoms with Crippen molar-refractivity contribution in [3.05, 3.63) is 23.8 Å². The van der Waals surface area contributed by atoms with E-state index in [2.05, 4.69) is 19.6 Å². The van der Waals surface area contributed by atoms with Crippen molar-refractivity contribution >= 4 is 0 Å². The van der Waals surface area contributed by atoms with Crippen LogP contribution < -0.4 is 0 Å². The van der Waals surface area contributed by atoms with Gasteiger partial charge in [0.25, 0.3) is 0 Å². The SMILES string of the molecule is C=C(C)[C@]1(O)CC=C(C)CC1. The molecule has 0 fully saturated rings. The molecule has 1 rings (SSSR count). The lowest BCUT2D eigenvalue weighted by molar-refractivity contribution is 0.0679. The Labute approximate surface area is 68.4 Å². The van der Waals surface area contributed by atoms with Crippen LogP contribution in [0.3, 0.4) is 0 Å². The van der Waals surface area contributed by atoms with Crippen molar-refractivity contribution in [3.63, 3.8) is 0 Å². The van der Waals surface area contributed by atoms with Gasteiger partial charge in [-0.3, -0.25) is 0 Å². The monoisotopic (exact) mass is 152 g/mol. The minimum absolute atomic E-state index is 0.612. The van der Waals surface area contributed by atoms with Gasteiger partial charge in [-0.2, -0.15) is 0 Å². The lowest BCUT2D eigenvalue weighted by Crippen LogP contribution is -2.31. The van der Waals surface area contributed by atoms with Crippen molar-refractivity contribution in [1.82, 2.24) is 0 Å². The predicted molar refractivity (Wildman–Crippen MR) is 47.4 cm³/mol. The van der Waals surface area contributed by atoms with E-state index in [-0.39, 0.29) is 0 Å². The molecule has 0 heterocycles. The van der Waals surface area contributed by atoms with Crippen molar-refractivity contribution in [3.8, 4) is 0 Å². The summed E-state index contributed by atoms with van der Waals surface area (Å²) in [6.45, 7) is 7.80. The van der Waals surface area contributed by atoms with Crippen LogP contribution in [0.1, 0.15) is 33.1 Å². The molecule has 0 radical (unpaired) electrons. The van der Waals surface area contributed by atoms with Gasteiger partial charge in [0.2, 0.25) is 0 Å². The first-order chi connectivity index (χ1) is 5.04. The molecule has 1 N–H and O–H groups in total. The van der Waals surface area contributed by atoms with Crippen LogP contribution in [0, 0.1) is 0 Å². The highest BCUT2D eigenvalue weighted by atomic mass is 16.3. The Morgan fingerprint density at radius 2 is 2.36 bits per heavy atom. The summed E-state index contributed by atoms with van der Waals surface area (Å²) in [5.41, 5.74) is 1.66. The highest BCUT2D eigenvalue weighted by Crippen LogP contribution is 2.31. The Morgan fingerprint density at radius 3 is 2.73 bits per heavy atom. The van der Waals surface area contributed by atoms with E-state index in [1.165, 1.54) is 5.57 Å². The van der Waals surface area contributed by atoms with Gasteiger partial charge >= 0.3 is 0 Å². The zero-order valence-corrected chi connectivity index (χ0v) is 7.35. The molecular weight excluding hydrogens is 136 g/mol. The summed E-state index contributed by atoms with van der Waals surface area (Å²) >= 11 is 0. The largest absolute Gasteiger partial charge is 0.385 e. The Kier molecular flexibility index (Phi) is 2.19. The van der Waals surface area contributed by atoms with Crippen molar-refractivity contribution in [1.29, 1.82) is 0 Å². The molecule has 0 aromatic rings. The summed E-state index contributed by atoms with van der Waals surface area (Å²) in [4.78, 5) is 0. The number of hydrogen-bond acceptors (Lipinski definition) is 1. The number of hydrogen-bond donors (Lipinski definition) is 1. The van der Waals surface area contributed by atoms with Crippen molar-refractivity contribution in [2.45, 2.75) is 38.7 Å². The topological polar surface area (TPSA) is 20.2 Å². The molecule has 11 heavy (non-hydrogen) atoms. The summed E-state index contributed by atoms with van der Waals surface area (Å²) in [5.74, 6) is 0. The maximum Gasteiger partial charge on any atom is 0.0888 e. The summed E-state index contributed by atoms with van der Waals surface area (Å²) in [7, 11) is 0. The third-order valence-corrected chi connectivity index (χ3v) is 2.52. The van der Waals surface area contributed by atoms with Crippen LogP contribution in [0.15, 0.2) is 23.8 Å². The van der Waals surface area contributed by atoms with E-state index in [0.717, 1.165) is 24.8 Å². The number of rotatable bonds is 1. The normalized spacial score (nSPS) is 31.4. The molecule has 0 bridgehead atoms. The summed E-state index contributed by atoms with van der Waals surface area (Å²) in [6.07, 6.45) is 4.69. The van der Waals surface area contributed by atoms with E-state index in [9.17, 15) is 5.11 Å². The Bertz CT molecular complexity index is 203. The average molecular weight is 152 g/mol. The van der Waals surface area contributed by atoms with Gasteiger partial charge in [-0.1, -0.05) is 18.2 Å². The van der Waals surface area contributed by atoms with Crippen LogP contribution in [0.25, 0.3) is 0 Å². The van der Waals surface area contributed by atoms with E-state index in [0.29, 0.717) is 0 Å². The lowest BCUT2D eigenvalue weighted by Gasteiger charge is -2.31. The zero-order valence-electron chi connectivity index (χ0n) is 7.35. The van der Waals surface area contributed by atoms with Crippen LogP contribution in [0.5, 0.6) is 0 Å². The summed E-state index contributed by atoms with van der Waals surface area (Å²) in [5, 5.41) is 9.92. The first-order valence-corrected chi connectivity index (χ1v) is 4.08. The second-order valence-corrected chi connectivity index (χ2v) is 3.57. The molecule has 0 aromatic carbocycles. The van der Waals surface area contributed by atoms with Crippen molar-refractivity contribution < 1.29 is 5.11 Å². The van der Waals surface area contributed by atoms with Gasteiger partial charge in [0.15, 0.2) is 0 Å². The Morgan fingerprint density at radius 1 is 1.73 bits per heavy atom. The molecule has 0 spiro atoms. The predicted octanol–water partition coefficient (Wildman–Crippen LogP) is 2.42. The molecule has 0 amide bonds. The van der Waals surface area contributed by atoms with Gasteiger partial charge in [-0.15, -0.1) is 0 Å². The minimum Gasteiger partial charge on any atom is -0.385 e. The molecule has 1 nitrogen and oxygen atoms in total. The fraction of sp³-hybridized carbons (Fsp3) is 0.600. The fourth-order valence-corrected chi connectivity index (χ4v) is 1.34. The molecule has 1 aliphatic carbocycles. The molecule has 0 saturated carbocycles. The minimum atomic E-state index is -0.612. The Hall–Kier alpha value is -0.560. The van der Waals surface area contributed by atoms with Crippen LogP contribution in [-0.4, -0.2) is 10.7 Å². The highest BCUT2D eigenvalue weighted by molar-refractivity contribution is 5.18. The first kappa shape index (κ1) is 8.54.